The van der Waals surface area contributed by atoms with Crippen LogP contribution in [0.4, 0.5) is 0 Å². The summed E-state index contributed by atoms with van der Waals surface area (Å²) in [5.74, 6) is 0.307. The zero-order valence-electron chi connectivity index (χ0n) is 16.0. The van der Waals surface area contributed by atoms with Crippen molar-refractivity contribution in [1.82, 2.24) is 19.9 Å². The third-order valence-electron chi connectivity index (χ3n) is 4.07. The summed E-state index contributed by atoms with van der Waals surface area (Å²) in [6.45, 7) is 1.91. The highest BCUT2D eigenvalue weighted by atomic mass is 35.5. The normalized spacial score (nSPS) is 10.7. The summed E-state index contributed by atoms with van der Waals surface area (Å²) in [6.07, 6.45) is 1.61. The summed E-state index contributed by atoms with van der Waals surface area (Å²) in [4.78, 5) is 16.6. The second-order valence-corrected chi connectivity index (χ2v) is 6.59. The van der Waals surface area contributed by atoms with Crippen LogP contribution in [0.2, 0.25) is 5.02 Å². The average Bonchev–Trinajstić information content (AvgIpc) is 3.40. The van der Waals surface area contributed by atoms with Crippen LogP contribution in [0.5, 0.6) is 5.75 Å². The topological polar surface area (TPSA) is 92.3 Å². The lowest BCUT2D eigenvalue weighted by Gasteiger charge is -2.02. The maximum atomic E-state index is 12.3. The van der Waals surface area contributed by atoms with Crippen LogP contribution in [0.25, 0.3) is 17.1 Å². The van der Waals surface area contributed by atoms with E-state index in [1.165, 1.54) is 0 Å². The zero-order valence-corrected chi connectivity index (χ0v) is 16.7. The molecule has 0 aliphatic rings. The summed E-state index contributed by atoms with van der Waals surface area (Å²) in [5.41, 5.74) is 1.57. The van der Waals surface area contributed by atoms with Crippen molar-refractivity contribution in [3.8, 4) is 22.8 Å². The number of hydrogen-bond acceptors (Lipinski definition) is 7. The number of halogens is 1. The number of para-hydroxylation sites is 1. The van der Waals surface area contributed by atoms with Gasteiger partial charge in [0.15, 0.2) is 12.4 Å². The van der Waals surface area contributed by atoms with Crippen molar-refractivity contribution in [3.63, 3.8) is 0 Å². The second kappa shape index (κ2) is 8.79. The van der Waals surface area contributed by atoms with E-state index in [9.17, 15) is 4.79 Å². The predicted octanol–water partition coefficient (Wildman–Crippen LogP) is 4.33. The van der Waals surface area contributed by atoms with Crippen LogP contribution in [0.1, 0.15) is 23.3 Å². The largest absolute Gasteiger partial charge is 0.479 e. The minimum absolute atomic E-state index is 0.0412. The summed E-state index contributed by atoms with van der Waals surface area (Å²) in [7, 11) is 0. The number of ether oxygens (including phenoxy) is 2. The minimum Gasteiger partial charge on any atom is -0.479 e. The molecule has 30 heavy (non-hydrogen) atoms. The fourth-order valence-corrected chi connectivity index (χ4v) is 2.91. The Kier molecular flexibility index (Phi) is 5.76. The van der Waals surface area contributed by atoms with Gasteiger partial charge in [0.2, 0.25) is 11.5 Å². The first-order valence-corrected chi connectivity index (χ1v) is 9.55. The van der Waals surface area contributed by atoms with Gasteiger partial charge in [-0.05, 0) is 31.2 Å². The van der Waals surface area contributed by atoms with E-state index < -0.39 is 5.97 Å². The fourth-order valence-electron chi connectivity index (χ4n) is 2.72. The highest BCUT2D eigenvalue weighted by molar-refractivity contribution is 6.30. The second-order valence-electron chi connectivity index (χ2n) is 6.15. The quantitative estimate of drug-likeness (QED) is 0.407. The molecule has 2 heterocycles. The predicted molar refractivity (Wildman–Crippen MR) is 109 cm³/mol. The molecule has 8 nitrogen and oxygen atoms in total. The lowest BCUT2D eigenvalue weighted by atomic mass is 10.2. The molecule has 0 spiro atoms. The van der Waals surface area contributed by atoms with Gasteiger partial charge in [0, 0.05) is 10.6 Å². The Hall–Kier alpha value is -3.65. The van der Waals surface area contributed by atoms with Gasteiger partial charge in [0.05, 0.1) is 18.5 Å². The first kappa shape index (κ1) is 19.7. The summed E-state index contributed by atoms with van der Waals surface area (Å²) < 4.78 is 17.6. The Labute approximate surface area is 177 Å². The van der Waals surface area contributed by atoms with Gasteiger partial charge in [-0.3, -0.25) is 0 Å². The number of carbonyl (C=O) groups excluding carboxylic acids is 1. The van der Waals surface area contributed by atoms with E-state index in [4.69, 9.17) is 25.6 Å². The molecule has 152 valence electrons. The minimum atomic E-state index is -0.577. The van der Waals surface area contributed by atoms with Crippen LogP contribution < -0.4 is 4.74 Å². The number of aromatic nitrogens is 4. The molecule has 0 saturated carbocycles. The van der Waals surface area contributed by atoms with Crippen LogP contribution in [-0.4, -0.2) is 32.5 Å². The first-order valence-electron chi connectivity index (χ1n) is 9.17. The molecule has 0 amide bonds. The van der Waals surface area contributed by atoms with E-state index in [1.54, 1.807) is 36.0 Å². The summed E-state index contributed by atoms with van der Waals surface area (Å²) in [5, 5.41) is 8.82. The van der Waals surface area contributed by atoms with E-state index in [1.807, 2.05) is 36.4 Å². The van der Waals surface area contributed by atoms with Gasteiger partial charge in [-0.1, -0.05) is 47.1 Å². The van der Waals surface area contributed by atoms with Crippen LogP contribution in [0, 0.1) is 0 Å². The van der Waals surface area contributed by atoms with Crippen molar-refractivity contribution in [3.05, 3.63) is 77.4 Å². The molecule has 4 aromatic rings. The lowest BCUT2D eigenvalue weighted by molar-refractivity contribution is 0.0513. The number of carbonyl (C=O) groups is 1. The van der Waals surface area contributed by atoms with Gasteiger partial charge in [-0.2, -0.15) is 10.1 Å². The smallest absolute Gasteiger partial charge is 0.362 e. The number of benzene rings is 2. The van der Waals surface area contributed by atoms with Gasteiger partial charge in [0.25, 0.3) is 5.89 Å². The molecule has 0 unspecified atom stereocenters. The van der Waals surface area contributed by atoms with Crippen molar-refractivity contribution >= 4 is 17.6 Å². The van der Waals surface area contributed by atoms with Crippen molar-refractivity contribution in [2.24, 2.45) is 0 Å². The molecule has 4 rings (SSSR count). The maximum Gasteiger partial charge on any atom is 0.362 e. The molecule has 0 aliphatic carbocycles. The Bertz CT molecular complexity index is 1160. The third-order valence-corrected chi connectivity index (χ3v) is 4.31. The van der Waals surface area contributed by atoms with Crippen molar-refractivity contribution in [2.45, 2.75) is 13.5 Å². The summed E-state index contributed by atoms with van der Waals surface area (Å²) in [6, 6.07) is 16.5. The van der Waals surface area contributed by atoms with E-state index in [-0.39, 0.29) is 30.5 Å². The molecule has 0 atom stereocenters. The van der Waals surface area contributed by atoms with E-state index in [2.05, 4.69) is 15.2 Å². The van der Waals surface area contributed by atoms with E-state index in [0.29, 0.717) is 10.8 Å². The lowest BCUT2D eigenvalue weighted by Crippen LogP contribution is -2.08. The van der Waals surface area contributed by atoms with Gasteiger partial charge >= 0.3 is 5.97 Å². The number of hydrogen-bond donors (Lipinski definition) is 0. The van der Waals surface area contributed by atoms with Crippen LogP contribution in [0.15, 0.2) is 65.3 Å². The monoisotopic (exact) mass is 424 g/mol. The first-order chi connectivity index (χ1) is 14.6. The number of nitrogens with zero attached hydrogens (tertiary/aromatic N) is 4. The molecule has 2 aromatic heterocycles. The molecule has 0 fully saturated rings. The van der Waals surface area contributed by atoms with Gasteiger partial charge in [-0.15, -0.1) is 0 Å². The molecule has 0 bridgehead atoms. The SMILES string of the molecule is CCOC(=O)c1nn(-c2ccccc2)cc1OCc1nc(-c2cccc(Cl)c2)no1. The molecular weight excluding hydrogens is 408 g/mol. The highest BCUT2D eigenvalue weighted by Gasteiger charge is 2.21. The Morgan fingerprint density at radius 3 is 2.77 bits per heavy atom. The Balaban J connectivity index is 1.55. The van der Waals surface area contributed by atoms with E-state index in [0.717, 1.165) is 11.3 Å². The van der Waals surface area contributed by atoms with Gasteiger partial charge in [-0.25, -0.2) is 9.48 Å². The van der Waals surface area contributed by atoms with Gasteiger partial charge in [0.1, 0.15) is 0 Å². The molecule has 2 aromatic carbocycles. The van der Waals surface area contributed by atoms with E-state index >= 15 is 0 Å². The maximum absolute atomic E-state index is 12.3. The number of esters is 1. The fraction of sp³-hybridized carbons (Fsp3) is 0.143. The summed E-state index contributed by atoms with van der Waals surface area (Å²) >= 11 is 6.00. The van der Waals surface area contributed by atoms with Crippen molar-refractivity contribution in [1.29, 1.82) is 0 Å². The standard InChI is InChI=1S/C21H17ClN4O4/c1-2-28-21(27)19-17(12-26(24-19)16-9-4-3-5-10-16)29-13-18-23-20(25-30-18)14-7-6-8-15(22)11-14/h3-12H,2,13H2,1H3. The van der Waals surface area contributed by atoms with Crippen molar-refractivity contribution in [2.75, 3.05) is 6.61 Å². The van der Waals surface area contributed by atoms with Gasteiger partial charge < -0.3 is 14.0 Å². The average molecular weight is 425 g/mol. The molecular formula is C21H17ClN4O4. The molecule has 0 radical (unpaired) electrons. The van der Waals surface area contributed by atoms with Crippen LogP contribution in [0.3, 0.4) is 0 Å². The molecule has 9 heteroatoms. The Morgan fingerprint density at radius 1 is 1.17 bits per heavy atom. The third kappa shape index (κ3) is 4.33. The number of rotatable bonds is 7. The van der Waals surface area contributed by atoms with Crippen LogP contribution >= 0.6 is 11.6 Å². The molecule has 0 saturated heterocycles. The zero-order chi connectivity index (χ0) is 20.9. The molecule has 0 N–H and O–H groups in total. The Morgan fingerprint density at radius 2 is 2.00 bits per heavy atom. The highest BCUT2D eigenvalue weighted by Crippen LogP contribution is 2.23. The van der Waals surface area contributed by atoms with Crippen molar-refractivity contribution < 1.29 is 18.8 Å². The molecule has 0 aliphatic heterocycles. The van der Waals surface area contributed by atoms with Crippen LogP contribution in [-0.2, 0) is 11.3 Å².